The van der Waals surface area contributed by atoms with Crippen molar-refractivity contribution in [2.75, 3.05) is 14.2 Å². The van der Waals surface area contributed by atoms with Crippen LogP contribution in [0.2, 0.25) is 0 Å². The van der Waals surface area contributed by atoms with Crippen LogP contribution in [0.4, 0.5) is 0 Å². The van der Waals surface area contributed by atoms with Crippen LogP contribution in [0.3, 0.4) is 0 Å². The number of aryl methyl sites for hydroxylation is 2. The van der Waals surface area contributed by atoms with Gasteiger partial charge < -0.3 is 10.1 Å². The Morgan fingerprint density at radius 2 is 2.25 bits per heavy atom. The Kier molecular flexibility index (Phi) is 5.21. The normalized spacial score (nSPS) is 28.6. The Morgan fingerprint density at radius 3 is 2.75 bits per heavy atom. The van der Waals surface area contributed by atoms with Gasteiger partial charge in [0.05, 0.1) is 16.3 Å². The number of hydrogen-bond donors (Lipinski definition) is 1. The number of ether oxygens (including phenoxy) is 1. The highest BCUT2D eigenvalue weighted by atomic mass is 32.1. The van der Waals surface area contributed by atoms with E-state index in [1.54, 1.807) is 0 Å². The minimum absolute atomic E-state index is 0.0279. The summed E-state index contributed by atoms with van der Waals surface area (Å²) < 4.78 is 6.03. The first kappa shape index (κ1) is 15.9. The molecule has 1 N–H and O–H groups in total. The largest absolute Gasteiger partial charge is 0.377 e. The van der Waals surface area contributed by atoms with Crippen LogP contribution < -0.4 is 5.32 Å². The summed E-state index contributed by atoms with van der Waals surface area (Å²) >= 11 is 1.83. The molecule has 1 heterocycles. The summed E-state index contributed by atoms with van der Waals surface area (Å²) in [4.78, 5) is 6.03. The van der Waals surface area contributed by atoms with E-state index in [1.165, 1.54) is 28.4 Å². The molecule has 4 heteroatoms. The number of hydrogen-bond acceptors (Lipinski definition) is 4. The molecule has 1 aliphatic rings. The van der Waals surface area contributed by atoms with Gasteiger partial charge in [0.15, 0.2) is 0 Å². The molecular weight excluding hydrogens is 268 g/mol. The molecule has 20 heavy (non-hydrogen) atoms. The zero-order valence-corrected chi connectivity index (χ0v) is 14.3. The molecule has 0 aliphatic heterocycles. The summed E-state index contributed by atoms with van der Waals surface area (Å²) in [6, 6.07) is 0.347. The topological polar surface area (TPSA) is 34.2 Å². The molecule has 1 saturated carbocycles. The van der Waals surface area contributed by atoms with Crippen LogP contribution in [0.25, 0.3) is 0 Å². The van der Waals surface area contributed by atoms with E-state index in [1.807, 2.05) is 18.4 Å². The van der Waals surface area contributed by atoms with E-state index >= 15 is 0 Å². The van der Waals surface area contributed by atoms with Gasteiger partial charge in [-0.3, -0.25) is 0 Å². The van der Waals surface area contributed by atoms with Gasteiger partial charge in [-0.05, 0) is 39.7 Å². The van der Waals surface area contributed by atoms with Crippen LogP contribution >= 0.6 is 11.3 Å². The Morgan fingerprint density at radius 1 is 1.50 bits per heavy atom. The summed E-state index contributed by atoms with van der Waals surface area (Å²) in [6.45, 7) is 6.59. The predicted octanol–water partition coefficient (Wildman–Crippen LogP) is 3.49. The zero-order chi connectivity index (χ0) is 14.8. The number of thiazole rings is 1. The first-order valence-electron chi connectivity index (χ1n) is 7.66. The van der Waals surface area contributed by atoms with E-state index in [-0.39, 0.29) is 5.60 Å². The minimum atomic E-state index is -0.0279. The number of methoxy groups -OCH3 is 1. The van der Waals surface area contributed by atoms with E-state index in [0.717, 1.165) is 25.2 Å². The standard InChI is InChI=1S/C16H28N2OS/c1-11-7-6-8-16(10-11,19-5)14(17-4)9-15-18-12(2)13(3)20-15/h11,14,17H,6-10H2,1-5H3. The minimum Gasteiger partial charge on any atom is -0.377 e. The summed E-state index contributed by atoms with van der Waals surface area (Å²) in [5.74, 6) is 0.749. The summed E-state index contributed by atoms with van der Waals surface area (Å²) in [5, 5.41) is 4.73. The zero-order valence-electron chi connectivity index (χ0n) is 13.5. The molecule has 1 aromatic rings. The van der Waals surface area contributed by atoms with Gasteiger partial charge in [-0.2, -0.15) is 0 Å². The van der Waals surface area contributed by atoms with Crippen LogP contribution in [-0.4, -0.2) is 30.8 Å². The van der Waals surface area contributed by atoms with E-state index in [0.29, 0.717) is 6.04 Å². The smallest absolute Gasteiger partial charge is 0.0947 e. The molecule has 0 spiro atoms. The fraction of sp³-hybridized carbons (Fsp3) is 0.812. The Balaban J connectivity index is 2.16. The van der Waals surface area contributed by atoms with Crippen LogP contribution in [0, 0.1) is 19.8 Å². The molecule has 1 aliphatic carbocycles. The molecule has 3 nitrogen and oxygen atoms in total. The van der Waals surface area contributed by atoms with Crippen molar-refractivity contribution in [1.29, 1.82) is 0 Å². The Bertz CT molecular complexity index is 426. The van der Waals surface area contributed by atoms with Gasteiger partial charge in [0.1, 0.15) is 0 Å². The van der Waals surface area contributed by atoms with Gasteiger partial charge in [0.25, 0.3) is 0 Å². The first-order chi connectivity index (χ1) is 9.50. The Hall–Kier alpha value is -0.450. The second-order valence-electron chi connectivity index (χ2n) is 6.27. The third-order valence-corrected chi connectivity index (χ3v) is 5.93. The highest BCUT2D eigenvalue weighted by Crippen LogP contribution is 2.38. The van der Waals surface area contributed by atoms with Crippen LogP contribution in [0.1, 0.15) is 48.2 Å². The fourth-order valence-electron chi connectivity index (χ4n) is 3.54. The van der Waals surface area contributed by atoms with E-state index in [4.69, 9.17) is 9.72 Å². The molecule has 1 aromatic heterocycles. The maximum Gasteiger partial charge on any atom is 0.0947 e. The van der Waals surface area contributed by atoms with Crippen molar-refractivity contribution < 1.29 is 4.74 Å². The fourth-order valence-corrected chi connectivity index (χ4v) is 4.52. The van der Waals surface area contributed by atoms with Crippen molar-refractivity contribution in [2.45, 2.75) is 64.5 Å². The molecule has 0 saturated heterocycles. The molecule has 0 amide bonds. The van der Waals surface area contributed by atoms with Gasteiger partial charge in [0, 0.05) is 24.4 Å². The van der Waals surface area contributed by atoms with Gasteiger partial charge in [-0.1, -0.05) is 19.8 Å². The van der Waals surface area contributed by atoms with Crippen molar-refractivity contribution in [2.24, 2.45) is 5.92 Å². The monoisotopic (exact) mass is 296 g/mol. The summed E-state index contributed by atoms with van der Waals surface area (Å²) in [6.07, 6.45) is 5.87. The highest BCUT2D eigenvalue weighted by Gasteiger charge is 2.41. The lowest BCUT2D eigenvalue weighted by atomic mass is 9.73. The van der Waals surface area contributed by atoms with Crippen molar-refractivity contribution in [3.8, 4) is 0 Å². The highest BCUT2D eigenvalue weighted by molar-refractivity contribution is 7.11. The average Bonchev–Trinajstić information content (AvgIpc) is 2.74. The lowest BCUT2D eigenvalue weighted by molar-refractivity contribution is -0.0775. The van der Waals surface area contributed by atoms with Gasteiger partial charge in [-0.15, -0.1) is 11.3 Å². The molecule has 3 unspecified atom stereocenters. The summed E-state index contributed by atoms with van der Waals surface area (Å²) in [5.41, 5.74) is 1.14. The van der Waals surface area contributed by atoms with Gasteiger partial charge in [0.2, 0.25) is 0 Å². The third-order valence-electron chi connectivity index (χ3n) is 4.83. The molecule has 0 aromatic carbocycles. The molecule has 0 radical (unpaired) electrons. The van der Waals surface area contributed by atoms with Crippen molar-refractivity contribution in [1.82, 2.24) is 10.3 Å². The average molecular weight is 296 g/mol. The maximum atomic E-state index is 6.03. The quantitative estimate of drug-likeness (QED) is 0.903. The maximum absolute atomic E-state index is 6.03. The third kappa shape index (κ3) is 3.23. The number of rotatable bonds is 5. The lowest BCUT2D eigenvalue weighted by Crippen LogP contribution is -2.54. The van der Waals surface area contributed by atoms with Crippen LogP contribution in [-0.2, 0) is 11.2 Å². The molecule has 3 atom stereocenters. The molecule has 0 bridgehead atoms. The number of likely N-dealkylation sites (N-methyl/N-ethyl adjacent to an activating group) is 1. The lowest BCUT2D eigenvalue weighted by Gasteiger charge is -2.44. The SMILES string of the molecule is CNC(Cc1nc(C)c(C)s1)C1(OC)CCCC(C)C1. The van der Waals surface area contributed by atoms with Crippen molar-refractivity contribution in [3.63, 3.8) is 0 Å². The second-order valence-corrected chi connectivity index (χ2v) is 7.55. The number of nitrogens with zero attached hydrogens (tertiary/aromatic N) is 1. The van der Waals surface area contributed by atoms with Gasteiger partial charge >= 0.3 is 0 Å². The predicted molar refractivity (Wildman–Crippen MR) is 85.5 cm³/mol. The van der Waals surface area contributed by atoms with Crippen molar-refractivity contribution >= 4 is 11.3 Å². The molecule has 2 rings (SSSR count). The van der Waals surface area contributed by atoms with Crippen molar-refractivity contribution in [3.05, 3.63) is 15.6 Å². The van der Waals surface area contributed by atoms with E-state index < -0.39 is 0 Å². The first-order valence-corrected chi connectivity index (χ1v) is 8.47. The summed E-state index contributed by atoms with van der Waals surface area (Å²) in [7, 11) is 3.93. The molecule has 1 fully saturated rings. The molecular formula is C16H28N2OS. The second kappa shape index (κ2) is 6.54. The Labute approximate surface area is 127 Å². The van der Waals surface area contributed by atoms with E-state index in [2.05, 4.69) is 33.1 Å². The van der Waals surface area contributed by atoms with Crippen LogP contribution in [0.5, 0.6) is 0 Å². The van der Waals surface area contributed by atoms with E-state index in [9.17, 15) is 0 Å². The molecule has 114 valence electrons. The number of nitrogens with one attached hydrogen (secondary N) is 1. The number of aromatic nitrogens is 1. The van der Waals surface area contributed by atoms with Gasteiger partial charge in [-0.25, -0.2) is 4.98 Å². The van der Waals surface area contributed by atoms with Crippen LogP contribution in [0.15, 0.2) is 0 Å².